The maximum absolute atomic E-state index is 11.8. The third-order valence-corrected chi connectivity index (χ3v) is 5.02. The van der Waals surface area contributed by atoms with Crippen molar-refractivity contribution in [3.05, 3.63) is 60.8 Å². The van der Waals surface area contributed by atoms with Gasteiger partial charge >= 0.3 is 5.97 Å². The highest BCUT2D eigenvalue weighted by Gasteiger charge is 2.40. The van der Waals surface area contributed by atoms with Crippen LogP contribution in [0.2, 0.25) is 0 Å². The molecule has 3 heterocycles. The molecule has 0 aromatic rings. The van der Waals surface area contributed by atoms with Crippen molar-refractivity contribution >= 4 is 5.97 Å². The van der Waals surface area contributed by atoms with E-state index in [1.807, 2.05) is 25.2 Å². The van der Waals surface area contributed by atoms with Crippen LogP contribution in [0.4, 0.5) is 0 Å². The molecule has 1 fully saturated rings. The second-order valence-electron chi connectivity index (χ2n) is 7.76. The molecule has 1 saturated heterocycles. The quantitative estimate of drug-likeness (QED) is 0.414. The van der Waals surface area contributed by atoms with Gasteiger partial charge in [0.25, 0.3) is 0 Å². The minimum atomic E-state index is -0.634. The van der Waals surface area contributed by atoms with Crippen molar-refractivity contribution in [2.45, 2.75) is 82.1 Å². The fourth-order valence-corrected chi connectivity index (χ4v) is 3.27. The van der Waals surface area contributed by atoms with Crippen LogP contribution in [0.15, 0.2) is 60.8 Å². The first-order chi connectivity index (χ1) is 14.5. The average molecular weight is 419 g/mol. The summed E-state index contributed by atoms with van der Waals surface area (Å²) in [5.74, 6) is -0.387. The fourth-order valence-electron chi connectivity index (χ4n) is 3.27. The Bertz CT molecular complexity index is 663. The molecular weight excluding hydrogens is 384 g/mol. The number of aliphatic hydroxyl groups excluding tert-OH is 3. The van der Waals surface area contributed by atoms with E-state index in [9.17, 15) is 20.1 Å². The summed E-state index contributed by atoms with van der Waals surface area (Å²) >= 11 is 0. The zero-order valence-corrected chi connectivity index (χ0v) is 17.5. The van der Waals surface area contributed by atoms with E-state index in [1.165, 1.54) is 6.08 Å². The van der Waals surface area contributed by atoms with E-state index < -0.39 is 18.3 Å². The van der Waals surface area contributed by atoms with Gasteiger partial charge in [-0.1, -0.05) is 54.7 Å². The second kappa shape index (κ2) is 13.3. The second-order valence-corrected chi connectivity index (χ2v) is 7.76. The van der Waals surface area contributed by atoms with Gasteiger partial charge in [0.1, 0.15) is 12.2 Å². The number of hydrogen-bond donors (Lipinski definition) is 3. The van der Waals surface area contributed by atoms with E-state index >= 15 is 0 Å². The molecule has 0 spiro atoms. The molecule has 3 rings (SSSR count). The van der Waals surface area contributed by atoms with Crippen molar-refractivity contribution in [3.8, 4) is 0 Å². The smallest absolute Gasteiger partial charge is 0.331 e. The molecule has 166 valence electrons. The highest BCUT2D eigenvalue weighted by atomic mass is 16.6. The Hall–Kier alpha value is -1.99. The largest absolute Gasteiger partial charge is 0.460 e. The lowest BCUT2D eigenvalue weighted by Crippen LogP contribution is -2.53. The van der Waals surface area contributed by atoms with Gasteiger partial charge in [0.05, 0.1) is 24.4 Å². The van der Waals surface area contributed by atoms with Crippen molar-refractivity contribution in [2.75, 3.05) is 0 Å². The summed E-state index contributed by atoms with van der Waals surface area (Å²) < 4.78 is 11.0. The predicted molar refractivity (Wildman–Crippen MR) is 116 cm³/mol. The summed E-state index contributed by atoms with van der Waals surface area (Å²) in [6, 6.07) is 0. The van der Waals surface area contributed by atoms with Crippen LogP contribution >= 0.6 is 0 Å². The molecule has 3 aliphatic heterocycles. The summed E-state index contributed by atoms with van der Waals surface area (Å²) in [6.07, 6.45) is 18.2. The molecule has 0 amide bonds. The van der Waals surface area contributed by atoms with Gasteiger partial charge in [-0.3, -0.25) is 0 Å². The summed E-state index contributed by atoms with van der Waals surface area (Å²) in [7, 11) is 0. The maximum Gasteiger partial charge on any atom is 0.331 e. The monoisotopic (exact) mass is 418 g/mol. The van der Waals surface area contributed by atoms with Gasteiger partial charge in [0.2, 0.25) is 0 Å². The van der Waals surface area contributed by atoms with E-state index in [0.29, 0.717) is 19.3 Å². The third-order valence-electron chi connectivity index (χ3n) is 5.02. The van der Waals surface area contributed by atoms with Crippen molar-refractivity contribution in [1.82, 2.24) is 0 Å². The number of esters is 1. The van der Waals surface area contributed by atoms with Crippen molar-refractivity contribution in [2.24, 2.45) is 0 Å². The molecule has 0 aromatic carbocycles. The van der Waals surface area contributed by atoms with Crippen LogP contribution in [-0.4, -0.2) is 57.9 Å². The van der Waals surface area contributed by atoms with Crippen LogP contribution in [0.1, 0.15) is 45.4 Å². The molecule has 2 bridgehead atoms. The van der Waals surface area contributed by atoms with E-state index in [-0.39, 0.29) is 24.3 Å². The molecule has 3 aliphatic rings. The van der Waals surface area contributed by atoms with E-state index in [1.54, 1.807) is 36.5 Å². The summed E-state index contributed by atoms with van der Waals surface area (Å²) in [5, 5.41) is 30.2. The Morgan fingerprint density at radius 2 is 1.73 bits per heavy atom. The van der Waals surface area contributed by atoms with Crippen LogP contribution < -0.4 is 0 Å². The molecule has 6 nitrogen and oxygen atoms in total. The standard InChI is InChI=1S/C24H34O6/c1-18-11-5-2-9-15-21-24(28)22(30-21)17-20(26)14-8-3-6-12-19(25)13-7-4-10-16-23(27)29-18/h3-4,6-10,12,15-16,18-22,24-26,28H,2,5,11,13-14,17H2,1H3/b7-4-,8-3-,12-6-,15-9-,16-10-/t18-,19-,20+,21+,22-,24+/m1/s1. The van der Waals surface area contributed by atoms with Crippen molar-refractivity contribution in [3.63, 3.8) is 0 Å². The number of hydrogen-bond acceptors (Lipinski definition) is 6. The summed E-state index contributed by atoms with van der Waals surface area (Å²) in [4.78, 5) is 11.8. The third kappa shape index (κ3) is 9.22. The zero-order valence-electron chi connectivity index (χ0n) is 17.5. The van der Waals surface area contributed by atoms with Gasteiger partial charge < -0.3 is 24.8 Å². The van der Waals surface area contributed by atoms with Crippen LogP contribution in [-0.2, 0) is 14.3 Å². The minimum Gasteiger partial charge on any atom is -0.460 e. The number of ether oxygens (including phenoxy) is 2. The number of carbonyl (C=O) groups excluding carboxylic acids is 1. The van der Waals surface area contributed by atoms with E-state index in [0.717, 1.165) is 19.3 Å². The van der Waals surface area contributed by atoms with Crippen LogP contribution in [0.5, 0.6) is 0 Å². The summed E-state index contributed by atoms with van der Waals surface area (Å²) in [5.41, 5.74) is 0. The Kier molecular flexibility index (Phi) is 10.8. The Balaban J connectivity index is 1.91. The highest BCUT2D eigenvalue weighted by Crippen LogP contribution is 2.27. The average Bonchev–Trinajstić information content (AvgIpc) is 2.70. The molecule has 30 heavy (non-hydrogen) atoms. The van der Waals surface area contributed by atoms with Gasteiger partial charge in [0, 0.05) is 12.5 Å². The predicted octanol–water partition coefficient (Wildman–Crippen LogP) is 2.90. The van der Waals surface area contributed by atoms with Crippen LogP contribution in [0.3, 0.4) is 0 Å². The SMILES string of the molecule is C[C@@H]1CCC/C=C\[C@@H]2O[C@H](C[C@@H](O)C/C=C\C=C/[C@@H](O)C/C=C\C=C/C(=O)O1)[C@H]2O. The van der Waals surface area contributed by atoms with Gasteiger partial charge in [-0.05, 0) is 39.0 Å². The number of fused-ring (bicyclic) bond motifs is 15. The normalized spacial score (nSPS) is 40.1. The topological polar surface area (TPSA) is 96.2 Å². The Morgan fingerprint density at radius 1 is 0.967 bits per heavy atom. The van der Waals surface area contributed by atoms with E-state index in [4.69, 9.17) is 9.47 Å². The van der Waals surface area contributed by atoms with Gasteiger partial charge in [-0.2, -0.15) is 0 Å². The molecule has 0 aromatic heterocycles. The van der Waals surface area contributed by atoms with Crippen molar-refractivity contribution in [1.29, 1.82) is 0 Å². The Labute approximate surface area is 178 Å². The van der Waals surface area contributed by atoms with Crippen molar-refractivity contribution < 1.29 is 29.6 Å². The highest BCUT2D eigenvalue weighted by molar-refractivity contribution is 5.82. The maximum atomic E-state index is 11.8. The minimum absolute atomic E-state index is 0.179. The number of carbonyl (C=O) groups is 1. The lowest BCUT2D eigenvalue weighted by atomic mass is 9.94. The lowest BCUT2D eigenvalue weighted by molar-refractivity contribution is -0.209. The van der Waals surface area contributed by atoms with Gasteiger partial charge in [-0.15, -0.1) is 0 Å². The molecule has 0 radical (unpaired) electrons. The number of aliphatic hydroxyl groups is 3. The van der Waals surface area contributed by atoms with E-state index in [2.05, 4.69) is 0 Å². The molecule has 0 unspecified atom stereocenters. The molecule has 6 heteroatoms. The first-order valence-corrected chi connectivity index (χ1v) is 10.7. The van der Waals surface area contributed by atoms with Gasteiger partial charge in [-0.25, -0.2) is 4.79 Å². The van der Waals surface area contributed by atoms with Crippen LogP contribution in [0.25, 0.3) is 0 Å². The number of rotatable bonds is 0. The first kappa shape index (κ1) is 24.3. The number of allylic oxidation sites excluding steroid dienone is 5. The molecule has 0 saturated carbocycles. The molecule has 6 atom stereocenters. The Morgan fingerprint density at radius 3 is 2.53 bits per heavy atom. The zero-order chi connectivity index (χ0) is 21.8. The van der Waals surface area contributed by atoms with Gasteiger partial charge in [0.15, 0.2) is 0 Å². The first-order valence-electron chi connectivity index (χ1n) is 10.7. The lowest BCUT2D eigenvalue weighted by Gasteiger charge is -2.41. The molecular formula is C24H34O6. The van der Waals surface area contributed by atoms with Crippen LogP contribution in [0, 0.1) is 0 Å². The molecule has 3 N–H and O–H groups in total. The fraction of sp³-hybridized carbons (Fsp3) is 0.542. The summed E-state index contributed by atoms with van der Waals surface area (Å²) in [6.45, 7) is 1.86. The molecule has 0 aliphatic carbocycles.